The number of aliphatic hydroxyl groups is 1. The molecule has 0 radical (unpaired) electrons. The first-order valence-corrected chi connectivity index (χ1v) is 8.19. The van der Waals surface area contributed by atoms with E-state index < -0.39 is 12.2 Å². The molecule has 0 unspecified atom stereocenters. The second kappa shape index (κ2) is 6.60. The predicted molar refractivity (Wildman–Crippen MR) is 90.9 cm³/mol. The van der Waals surface area contributed by atoms with E-state index in [1.165, 1.54) is 0 Å². The molecule has 1 amide bonds. The number of aryl methyl sites for hydroxylation is 1. The molecule has 26 heavy (non-hydrogen) atoms. The van der Waals surface area contributed by atoms with Gasteiger partial charge >= 0.3 is 0 Å². The summed E-state index contributed by atoms with van der Waals surface area (Å²) in [5.41, 5.74) is 1.04. The number of likely N-dealkylation sites (tertiary alicyclic amines) is 1. The molecule has 9 nitrogen and oxygen atoms in total. The Morgan fingerprint density at radius 1 is 1.31 bits per heavy atom. The molecule has 1 aliphatic rings. The van der Waals surface area contributed by atoms with Crippen LogP contribution in [-0.2, 0) is 7.05 Å². The first-order valence-electron chi connectivity index (χ1n) is 8.19. The number of aliphatic hydroxyl groups excluding tert-OH is 1. The van der Waals surface area contributed by atoms with Crippen molar-refractivity contribution in [1.82, 2.24) is 29.4 Å². The lowest BCUT2D eigenvalue weighted by Crippen LogP contribution is -2.31. The van der Waals surface area contributed by atoms with Gasteiger partial charge in [0.15, 0.2) is 5.75 Å². The van der Waals surface area contributed by atoms with E-state index in [-0.39, 0.29) is 19.0 Å². The number of rotatable bonds is 4. The topological polar surface area (TPSA) is 98.3 Å². The van der Waals surface area contributed by atoms with Gasteiger partial charge in [-0.25, -0.2) is 4.68 Å². The molecule has 134 valence electrons. The summed E-state index contributed by atoms with van der Waals surface area (Å²) in [6.45, 7) is 0.472. The van der Waals surface area contributed by atoms with Crippen molar-refractivity contribution in [2.24, 2.45) is 7.05 Å². The fourth-order valence-corrected chi connectivity index (χ4v) is 2.94. The van der Waals surface area contributed by atoms with Crippen LogP contribution in [0.3, 0.4) is 0 Å². The highest BCUT2D eigenvalue weighted by molar-refractivity contribution is 5.93. The summed E-state index contributed by atoms with van der Waals surface area (Å²) >= 11 is 0. The van der Waals surface area contributed by atoms with Crippen LogP contribution >= 0.6 is 0 Å². The Hall–Kier alpha value is -3.20. The molecule has 4 heterocycles. The summed E-state index contributed by atoms with van der Waals surface area (Å²) in [7, 11) is 1.78. The molecule has 1 aliphatic heterocycles. The summed E-state index contributed by atoms with van der Waals surface area (Å²) in [6.07, 6.45) is 7.05. The Morgan fingerprint density at radius 2 is 2.19 bits per heavy atom. The number of carbonyl (C=O) groups is 1. The summed E-state index contributed by atoms with van der Waals surface area (Å²) in [5.74, 6) is 0.306. The van der Waals surface area contributed by atoms with Gasteiger partial charge in [-0.15, -0.1) is 0 Å². The van der Waals surface area contributed by atoms with Crippen LogP contribution < -0.4 is 4.74 Å². The van der Waals surface area contributed by atoms with Crippen LogP contribution in [0.25, 0.3) is 5.69 Å². The molecule has 1 fully saturated rings. The maximum atomic E-state index is 12.8. The summed E-state index contributed by atoms with van der Waals surface area (Å²) in [6, 6.07) is 5.26. The highest BCUT2D eigenvalue weighted by Crippen LogP contribution is 2.20. The zero-order valence-corrected chi connectivity index (χ0v) is 14.1. The van der Waals surface area contributed by atoms with Crippen LogP contribution in [0.15, 0.2) is 49.2 Å². The van der Waals surface area contributed by atoms with Gasteiger partial charge in [0.05, 0.1) is 31.2 Å². The van der Waals surface area contributed by atoms with Crippen molar-refractivity contribution >= 4 is 5.91 Å². The number of nitrogens with zero attached hydrogens (tertiary/aromatic N) is 6. The van der Waals surface area contributed by atoms with Crippen molar-refractivity contribution in [1.29, 1.82) is 0 Å². The number of pyridine rings is 1. The molecule has 0 saturated carbocycles. The van der Waals surface area contributed by atoms with Gasteiger partial charge in [0.25, 0.3) is 5.91 Å². The van der Waals surface area contributed by atoms with E-state index in [1.807, 2.05) is 0 Å². The van der Waals surface area contributed by atoms with Crippen LogP contribution in [-0.4, -0.2) is 65.8 Å². The maximum absolute atomic E-state index is 12.8. The van der Waals surface area contributed by atoms with E-state index in [2.05, 4.69) is 15.2 Å². The Bertz CT molecular complexity index is 907. The number of β-amino-alcohol motifs (C(OH)–C–C–N with tert-alkyl or cyclic N) is 1. The van der Waals surface area contributed by atoms with Gasteiger partial charge < -0.3 is 14.7 Å². The highest BCUT2D eigenvalue weighted by Gasteiger charge is 2.36. The smallest absolute Gasteiger partial charge is 0.272 e. The van der Waals surface area contributed by atoms with Crippen molar-refractivity contribution in [2.75, 3.05) is 13.1 Å². The lowest BCUT2D eigenvalue weighted by molar-refractivity contribution is 0.0728. The van der Waals surface area contributed by atoms with Crippen molar-refractivity contribution in [3.8, 4) is 11.4 Å². The zero-order valence-electron chi connectivity index (χ0n) is 14.1. The Labute approximate surface area is 149 Å². The normalized spacial score (nSPS) is 19.7. The number of hydrogen-bond acceptors (Lipinski definition) is 6. The number of aromatic nitrogens is 5. The number of hydrogen-bond donors (Lipinski definition) is 1. The van der Waals surface area contributed by atoms with Crippen LogP contribution in [0.5, 0.6) is 5.75 Å². The maximum Gasteiger partial charge on any atom is 0.272 e. The number of amides is 1. The predicted octanol–water partition coefficient (Wildman–Crippen LogP) is 0.265. The minimum atomic E-state index is -0.770. The molecule has 2 atom stereocenters. The van der Waals surface area contributed by atoms with E-state index >= 15 is 0 Å². The lowest BCUT2D eigenvalue weighted by Gasteiger charge is -2.16. The summed E-state index contributed by atoms with van der Waals surface area (Å²) in [5, 5.41) is 18.4. The van der Waals surface area contributed by atoms with Crippen molar-refractivity contribution in [3.63, 3.8) is 0 Å². The van der Waals surface area contributed by atoms with E-state index in [0.29, 0.717) is 11.4 Å². The van der Waals surface area contributed by atoms with Gasteiger partial charge in [-0.2, -0.15) is 10.2 Å². The first-order chi connectivity index (χ1) is 12.6. The fourth-order valence-electron chi connectivity index (χ4n) is 2.94. The van der Waals surface area contributed by atoms with E-state index in [9.17, 15) is 9.90 Å². The third kappa shape index (κ3) is 3.16. The molecule has 3 aromatic heterocycles. The van der Waals surface area contributed by atoms with Gasteiger partial charge in [-0.3, -0.25) is 14.5 Å². The quantitative estimate of drug-likeness (QED) is 0.722. The van der Waals surface area contributed by atoms with Gasteiger partial charge in [0.2, 0.25) is 0 Å². The van der Waals surface area contributed by atoms with Crippen molar-refractivity contribution in [2.45, 2.75) is 12.2 Å². The average molecular weight is 354 g/mol. The minimum absolute atomic E-state index is 0.192. The molecule has 4 rings (SSSR count). The Balaban J connectivity index is 1.48. The van der Waals surface area contributed by atoms with Crippen LogP contribution in [0.4, 0.5) is 0 Å². The highest BCUT2D eigenvalue weighted by atomic mass is 16.5. The molecule has 1 saturated heterocycles. The molecular formula is C17H18N6O3. The van der Waals surface area contributed by atoms with Crippen molar-refractivity contribution in [3.05, 3.63) is 54.9 Å². The minimum Gasteiger partial charge on any atom is -0.482 e. The largest absolute Gasteiger partial charge is 0.482 e. The third-order valence-corrected chi connectivity index (χ3v) is 4.22. The van der Waals surface area contributed by atoms with Crippen LogP contribution in [0.2, 0.25) is 0 Å². The number of carbonyl (C=O) groups excluding carboxylic acids is 1. The fraction of sp³-hybridized carbons (Fsp3) is 0.294. The average Bonchev–Trinajstić information content (AvgIpc) is 3.38. The molecule has 0 aliphatic carbocycles. The second-order valence-electron chi connectivity index (χ2n) is 6.13. The van der Waals surface area contributed by atoms with Gasteiger partial charge in [-0.05, 0) is 18.2 Å². The van der Waals surface area contributed by atoms with Crippen molar-refractivity contribution < 1.29 is 14.6 Å². The van der Waals surface area contributed by atoms with Gasteiger partial charge in [-0.1, -0.05) is 0 Å². The van der Waals surface area contributed by atoms with E-state index in [4.69, 9.17) is 4.74 Å². The number of ether oxygens (including phenoxy) is 1. The Kier molecular flexibility index (Phi) is 4.13. The Morgan fingerprint density at radius 3 is 2.92 bits per heavy atom. The van der Waals surface area contributed by atoms with E-state index in [1.54, 1.807) is 70.5 Å². The molecule has 9 heteroatoms. The molecule has 1 N–H and O–H groups in total. The van der Waals surface area contributed by atoms with E-state index in [0.717, 1.165) is 5.69 Å². The molecular weight excluding hydrogens is 336 g/mol. The summed E-state index contributed by atoms with van der Waals surface area (Å²) in [4.78, 5) is 18.5. The molecule has 0 bridgehead atoms. The van der Waals surface area contributed by atoms with Gasteiger partial charge in [0, 0.05) is 25.6 Å². The first kappa shape index (κ1) is 16.3. The monoisotopic (exact) mass is 354 g/mol. The summed E-state index contributed by atoms with van der Waals surface area (Å²) < 4.78 is 9.02. The second-order valence-corrected chi connectivity index (χ2v) is 6.13. The van der Waals surface area contributed by atoms with Crippen LogP contribution in [0.1, 0.15) is 10.5 Å². The lowest BCUT2D eigenvalue weighted by atomic mass is 10.2. The molecule has 0 aromatic carbocycles. The SMILES string of the molecule is Cn1cc(O[C@@H]2CN(C(=O)c3cc(-n4cccn4)ccn3)C[C@H]2O)cn1. The zero-order chi connectivity index (χ0) is 18.1. The molecule has 0 spiro atoms. The standard InChI is InChI=1S/C17H18N6O3/c1-21-9-13(8-20-21)26-16-11-22(10-15(16)24)17(25)14-7-12(3-5-18-14)23-6-2-4-19-23/h2-9,15-16,24H,10-11H2,1H3/t15-,16-/m1/s1. The molecule has 3 aromatic rings. The van der Waals surface area contributed by atoms with Crippen LogP contribution in [0, 0.1) is 0 Å². The van der Waals surface area contributed by atoms with Gasteiger partial charge in [0.1, 0.15) is 17.9 Å². The third-order valence-electron chi connectivity index (χ3n) is 4.22.